The highest BCUT2D eigenvalue weighted by Crippen LogP contribution is 2.42. The molecule has 2 aliphatic rings. The third-order valence-corrected chi connectivity index (χ3v) is 6.56. The maximum Gasteiger partial charge on any atom is 0.338 e. The molecule has 4 rings (SSSR count). The third-order valence-electron chi connectivity index (χ3n) is 6.56. The van der Waals surface area contributed by atoms with Gasteiger partial charge in [0.1, 0.15) is 0 Å². The van der Waals surface area contributed by atoms with Crippen molar-refractivity contribution in [2.24, 2.45) is 17.8 Å². The molecule has 0 bridgehead atoms. The highest BCUT2D eigenvalue weighted by atomic mass is 16.6. The Morgan fingerprint density at radius 3 is 2.51 bits per heavy atom. The molecule has 1 heterocycles. The molecule has 0 radical (unpaired) electrons. The van der Waals surface area contributed by atoms with Crippen LogP contribution in [0.3, 0.4) is 0 Å². The third kappa shape index (κ3) is 4.64. The molecule has 2 fully saturated rings. The first kappa shape index (κ1) is 24.1. The van der Waals surface area contributed by atoms with Crippen molar-refractivity contribution >= 4 is 34.9 Å². The number of benzene rings is 2. The Labute approximate surface area is 201 Å². The summed E-state index contributed by atoms with van der Waals surface area (Å²) in [6, 6.07) is 9.64. The van der Waals surface area contributed by atoms with Crippen LogP contribution in [0, 0.1) is 27.9 Å². The summed E-state index contributed by atoms with van der Waals surface area (Å²) in [6.07, 6.45) is 2.23. The molecule has 182 valence electrons. The summed E-state index contributed by atoms with van der Waals surface area (Å²) in [5.41, 5.74) is -0.0371. The molecule has 2 amide bonds. The lowest BCUT2D eigenvalue weighted by atomic mass is 9.76. The van der Waals surface area contributed by atoms with Crippen molar-refractivity contribution in [2.45, 2.75) is 26.2 Å². The van der Waals surface area contributed by atoms with Gasteiger partial charge in [0, 0.05) is 11.6 Å². The summed E-state index contributed by atoms with van der Waals surface area (Å²) in [4.78, 5) is 62.6. The van der Waals surface area contributed by atoms with Crippen molar-refractivity contribution in [1.82, 2.24) is 0 Å². The number of esters is 1. The number of fused-ring (bicyclic) bond motifs is 1. The molecule has 10 nitrogen and oxygen atoms in total. The zero-order chi connectivity index (χ0) is 25.3. The number of amides is 2. The minimum atomic E-state index is -0.826. The number of Topliss-reactive ketones (excluding diaryl/α,β-unsaturated/α-hetero) is 1. The Hall–Kier alpha value is -4.08. The number of imide groups is 1. The van der Waals surface area contributed by atoms with Gasteiger partial charge < -0.3 is 9.47 Å². The Morgan fingerprint density at radius 1 is 1.06 bits per heavy atom. The van der Waals surface area contributed by atoms with E-state index < -0.39 is 23.3 Å². The number of rotatable bonds is 7. The van der Waals surface area contributed by atoms with E-state index >= 15 is 0 Å². The minimum absolute atomic E-state index is 0.000618. The van der Waals surface area contributed by atoms with Gasteiger partial charge >= 0.3 is 11.7 Å². The van der Waals surface area contributed by atoms with E-state index in [1.165, 1.54) is 37.4 Å². The van der Waals surface area contributed by atoms with Gasteiger partial charge in [-0.25, -0.2) is 4.79 Å². The average molecular weight is 480 g/mol. The molecular formula is C25H24N2O8. The van der Waals surface area contributed by atoms with Crippen molar-refractivity contribution in [3.05, 3.63) is 63.7 Å². The smallest absolute Gasteiger partial charge is 0.338 e. The number of nitro benzene ring substituents is 1. The lowest BCUT2D eigenvalue weighted by molar-refractivity contribution is -0.385. The van der Waals surface area contributed by atoms with Gasteiger partial charge in [-0.1, -0.05) is 13.0 Å². The predicted molar refractivity (Wildman–Crippen MR) is 123 cm³/mol. The van der Waals surface area contributed by atoms with Crippen LogP contribution in [0.2, 0.25) is 0 Å². The second-order valence-corrected chi connectivity index (χ2v) is 8.84. The molecule has 2 aromatic carbocycles. The summed E-state index contributed by atoms with van der Waals surface area (Å²) in [7, 11) is 1.28. The molecule has 1 aliphatic heterocycles. The van der Waals surface area contributed by atoms with Gasteiger partial charge in [0.2, 0.25) is 17.6 Å². The van der Waals surface area contributed by atoms with E-state index in [2.05, 4.69) is 6.92 Å². The molecule has 0 N–H and O–H groups in total. The number of nitro groups is 1. The van der Waals surface area contributed by atoms with Crippen molar-refractivity contribution < 1.29 is 33.6 Å². The van der Waals surface area contributed by atoms with Crippen LogP contribution in [0.4, 0.5) is 11.4 Å². The van der Waals surface area contributed by atoms with Gasteiger partial charge in [0.05, 0.1) is 35.1 Å². The van der Waals surface area contributed by atoms with Crippen LogP contribution in [0.5, 0.6) is 5.75 Å². The topological polar surface area (TPSA) is 133 Å². The van der Waals surface area contributed by atoms with Crippen molar-refractivity contribution in [3.8, 4) is 5.75 Å². The lowest BCUT2D eigenvalue weighted by Gasteiger charge is -2.25. The minimum Gasteiger partial charge on any atom is -0.490 e. The molecule has 0 aromatic heterocycles. The van der Waals surface area contributed by atoms with E-state index in [4.69, 9.17) is 9.47 Å². The molecule has 0 spiro atoms. The molecule has 1 saturated carbocycles. The van der Waals surface area contributed by atoms with E-state index in [1.807, 2.05) is 0 Å². The fraction of sp³-hybridized carbons (Fsp3) is 0.360. The maximum absolute atomic E-state index is 13.0. The van der Waals surface area contributed by atoms with Crippen molar-refractivity contribution in [1.29, 1.82) is 0 Å². The summed E-state index contributed by atoms with van der Waals surface area (Å²) < 4.78 is 10.0. The summed E-state index contributed by atoms with van der Waals surface area (Å²) in [5.74, 6) is -2.27. The molecule has 1 aliphatic carbocycles. The van der Waals surface area contributed by atoms with Crippen molar-refractivity contribution in [2.75, 3.05) is 18.6 Å². The van der Waals surface area contributed by atoms with Crippen LogP contribution in [0.15, 0.2) is 42.5 Å². The number of ether oxygens (including phenoxy) is 2. The molecule has 0 unspecified atom stereocenters. The van der Waals surface area contributed by atoms with Crippen LogP contribution in [0.1, 0.15) is 46.9 Å². The monoisotopic (exact) mass is 480 g/mol. The summed E-state index contributed by atoms with van der Waals surface area (Å²) in [6.45, 7) is 1.43. The number of carbonyl (C=O) groups excluding carboxylic acids is 4. The van der Waals surface area contributed by atoms with Gasteiger partial charge in [0.15, 0.2) is 12.4 Å². The van der Waals surface area contributed by atoms with E-state index in [1.54, 1.807) is 6.07 Å². The van der Waals surface area contributed by atoms with Crippen LogP contribution in [0.25, 0.3) is 0 Å². The van der Waals surface area contributed by atoms with E-state index in [0.717, 1.165) is 17.4 Å². The second kappa shape index (κ2) is 9.65. The highest BCUT2D eigenvalue weighted by Gasteiger charge is 2.50. The number of hydrogen-bond donors (Lipinski definition) is 0. The number of anilines is 1. The molecule has 35 heavy (non-hydrogen) atoms. The first-order valence-electron chi connectivity index (χ1n) is 11.2. The highest BCUT2D eigenvalue weighted by molar-refractivity contribution is 6.22. The largest absolute Gasteiger partial charge is 0.490 e. The zero-order valence-electron chi connectivity index (χ0n) is 19.3. The quantitative estimate of drug-likeness (QED) is 0.193. The fourth-order valence-corrected chi connectivity index (χ4v) is 4.72. The average Bonchev–Trinajstić information content (AvgIpc) is 3.10. The Bertz CT molecular complexity index is 1220. The SMILES string of the molecule is COc1ccc(C(=O)COC(=O)c2cccc(N3C(=O)[C@H]4C[C@H](C)CC[C@H]4C3=O)c2)cc1[N+](=O)[O-]. The lowest BCUT2D eigenvalue weighted by Crippen LogP contribution is -2.31. The first-order valence-corrected chi connectivity index (χ1v) is 11.2. The summed E-state index contributed by atoms with van der Waals surface area (Å²) >= 11 is 0. The van der Waals surface area contributed by atoms with Gasteiger partial charge in [-0.2, -0.15) is 0 Å². The normalized spacial score (nSPS) is 21.4. The van der Waals surface area contributed by atoms with E-state index in [0.29, 0.717) is 18.8 Å². The van der Waals surface area contributed by atoms with Crippen LogP contribution in [-0.4, -0.2) is 42.2 Å². The predicted octanol–water partition coefficient (Wildman–Crippen LogP) is 3.57. The number of ketones is 1. The van der Waals surface area contributed by atoms with Gasteiger partial charge in [-0.15, -0.1) is 0 Å². The molecule has 1 saturated heterocycles. The standard InChI is InChI=1S/C25H24N2O8/c1-14-6-8-18-19(10-14)24(30)26(23(18)29)17-5-3-4-16(11-17)25(31)35-13-21(28)15-7-9-22(34-2)20(12-15)27(32)33/h3-5,7,9,11-12,14,18-19H,6,8,10,13H2,1-2H3/t14-,18-,19+/m1/s1. The summed E-state index contributed by atoms with van der Waals surface area (Å²) in [5, 5.41) is 11.2. The number of nitrogens with zero attached hydrogens (tertiary/aromatic N) is 2. The first-order chi connectivity index (χ1) is 16.7. The zero-order valence-corrected chi connectivity index (χ0v) is 19.3. The molecule has 10 heteroatoms. The Morgan fingerprint density at radius 2 is 1.80 bits per heavy atom. The van der Waals surface area contributed by atoms with Crippen molar-refractivity contribution in [3.63, 3.8) is 0 Å². The number of hydrogen-bond acceptors (Lipinski definition) is 8. The number of carbonyl (C=O) groups is 4. The maximum atomic E-state index is 13.0. The molecular weight excluding hydrogens is 456 g/mol. The van der Waals surface area contributed by atoms with E-state index in [9.17, 15) is 29.3 Å². The fourth-order valence-electron chi connectivity index (χ4n) is 4.72. The van der Waals surface area contributed by atoms with Gasteiger partial charge in [-0.3, -0.25) is 29.4 Å². The Balaban J connectivity index is 1.46. The molecule has 3 atom stereocenters. The van der Waals surface area contributed by atoms with Gasteiger partial charge in [0.25, 0.3) is 0 Å². The van der Waals surface area contributed by atoms with E-state index in [-0.39, 0.29) is 51.9 Å². The van der Waals surface area contributed by atoms with Crippen LogP contribution < -0.4 is 9.64 Å². The second-order valence-electron chi connectivity index (χ2n) is 8.84. The Kier molecular flexibility index (Phi) is 6.63. The molecule has 2 aromatic rings. The van der Waals surface area contributed by atoms with Gasteiger partial charge in [-0.05, 0) is 55.5 Å². The van der Waals surface area contributed by atoms with Crippen LogP contribution in [-0.2, 0) is 14.3 Å². The number of methoxy groups -OCH3 is 1. The van der Waals surface area contributed by atoms with Crippen LogP contribution >= 0.6 is 0 Å².